The van der Waals surface area contributed by atoms with Gasteiger partial charge in [-0.25, -0.2) is 9.97 Å². The lowest BCUT2D eigenvalue weighted by Gasteiger charge is -2.07. The van der Waals surface area contributed by atoms with Gasteiger partial charge in [-0.1, -0.05) is 17.8 Å². The van der Waals surface area contributed by atoms with Crippen LogP contribution < -0.4 is 10.6 Å². The molecule has 8 nitrogen and oxygen atoms in total. The molecule has 0 saturated heterocycles. The Labute approximate surface area is 141 Å². The van der Waals surface area contributed by atoms with Crippen LogP contribution in [-0.4, -0.2) is 26.6 Å². The van der Waals surface area contributed by atoms with Gasteiger partial charge in [0.2, 0.25) is 5.95 Å². The van der Waals surface area contributed by atoms with Crippen molar-refractivity contribution in [2.45, 2.75) is 12.3 Å². The number of thioether (sulfide) groups is 1. The molecule has 1 aliphatic heterocycles. The van der Waals surface area contributed by atoms with Crippen molar-refractivity contribution >= 4 is 40.3 Å². The van der Waals surface area contributed by atoms with Gasteiger partial charge in [-0.3, -0.25) is 10.1 Å². The molecule has 2 aromatic rings. The van der Waals surface area contributed by atoms with Crippen LogP contribution >= 0.6 is 11.8 Å². The molecule has 0 amide bonds. The minimum atomic E-state index is -0.461. The largest absolute Gasteiger partial charge is 0.370 e. The molecular weight excluding hydrogens is 330 g/mol. The molecule has 3 rings (SSSR count). The highest BCUT2D eigenvalue weighted by molar-refractivity contribution is 8.09. The van der Waals surface area contributed by atoms with Gasteiger partial charge in [0.05, 0.1) is 15.5 Å². The molecule has 122 valence electrons. The first-order valence-corrected chi connectivity index (χ1v) is 7.89. The zero-order valence-corrected chi connectivity index (χ0v) is 13.4. The van der Waals surface area contributed by atoms with Gasteiger partial charge in [0.15, 0.2) is 6.29 Å². The topological polar surface area (TPSA) is 110 Å². The van der Waals surface area contributed by atoms with Gasteiger partial charge in [0, 0.05) is 29.7 Å². The molecule has 1 unspecified atom stereocenters. The van der Waals surface area contributed by atoms with E-state index < -0.39 is 4.92 Å². The molecule has 0 bridgehead atoms. The second kappa shape index (κ2) is 6.67. The maximum Gasteiger partial charge on any atom is 0.271 e. The molecule has 1 aromatic carbocycles. The van der Waals surface area contributed by atoms with Gasteiger partial charge in [0.25, 0.3) is 5.69 Å². The average molecular weight is 343 g/mol. The first kappa shape index (κ1) is 15.9. The third-order valence-corrected chi connectivity index (χ3v) is 4.50. The van der Waals surface area contributed by atoms with E-state index >= 15 is 0 Å². The Bertz CT molecular complexity index is 839. The predicted octanol–water partition coefficient (Wildman–Crippen LogP) is 2.68. The van der Waals surface area contributed by atoms with Gasteiger partial charge >= 0.3 is 0 Å². The van der Waals surface area contributed by atoms with E-state index in [1.165, 1.54) is 23.9 Å². The molecule has 24 heavy (non-hydrogen) atoms. The zero-order chi connectivity index (χ0) is 17.1. The van der Waals surface area contributed by atoms with Gasteiger partial charge in [-0.05, 0) is 19.1 Å². The summed E-state index contributed by atoms with van der Waals surface area (Å²) in [6.45, 7) is 1.88. The van der Waals surface area contributed by atoms with E-state index in [-0.39, 0.29) is 11.1 Å². The van der Waals surface area contributed by atoms with Crippen molar-refractivity contribution in [1.29, 1.82) is 0 Å². The molecule has 0 fully saturated rings. The number of anilines is 2. The summed E-state index contributed by atoms with van der Waals surface area (Å²) in [5, 5.41) is 16.5. The van der Waals surface area contributed by atoms with E-state index in [1.807, 2.05) is 6.92 Å². The van der Waals surface area contributed by atoms with Crippen molar-refractivity contribution < 1.29 is 9.72 Å². The third-order valence-electron chi connectivity index (χ3n) is 3.27. The number of aldehydes is 1. The Morgan fingerprint density at radius 2 is 2.25 bits per heavy atom. The number of hydrogen-bond donors (Lipinski definition) is 2. The first-order valence-electron chi connectivity index (χ1n) is 7.01. The number of hydrogen-bond acceptors (Lipinski definition) is 8. The summed E-state index contributed by atoms with van der Waals surface area (Å²) in [4.78, 5) is 30.7. The van der Waals surface area contributed by atoms with Crippen molar-refractivity contribution in [2.24, 2.45) is 0 Å². The van der Waals surface area contributed by atoms with Gasteiger partial charge in [-0.15, -0.1) is 0 Å². The fourth-order valence-electron chi connectivity index (χ4n) is 2.21. The summed E-state index contributed by atoms with van der Waals surface area (Å²) < 4.78 is 0. The number of carbonyl (C=O) groups is 1. The maximum absolute atomic E-state index is 10.9. The first-order chi connectivity index (χ1) is 11.6. The highest BCUT2D eigenvalue weighted by Crippen LogP contribution is 2.36. The summed E-state index contributed by atoms with van der Waals surface area (Å²) in [6, 6.07) is 7.86. The standard InChI is InChI=1S/C15H13N5O3S/c1-9-14(24-13(8-21)17-9)12-5-6-16-15(19-12)18-10-3-2-4-11(7-10)20(22)23/h2-8,13,17H,1H3,(H,16,18,19). The van der Waals surface area contributed by atoms with E-state index in [9.17, 15) is 14.9 Å². The van der Waals surface area contributed by atoms with Crippen LogP contribution in [0.5, 0.6) is 0 Å². The number of allylic oxidation sites excluding steroid dienone is 1. The van der Waals surface area contributed by atoms with Crippen molar-refractivity contribution in [2.75, 3.05) is 5.32 Å². The third kappa shape index (κ3) is 3.35. The Morgan fingerprint density at radius 1 is 1.42 bits per heavy atom. The second-order valence-electron chi connectivity index (χ2n) is 4.97. The van der Waals surface area contributed by atoms with Crippen molar-refractivity contribution in [3.63, 3.8) is 0 Å². The minimum Gasteiger partial charge on any atom is -0.370 e. The molecule has 0 radical (unpaired) electrons. The van der Waals surface area contributed by atoms with Crippen molar-refractivity contribution in [1.82, 2.24) is 15.3 Å². The lowest BCUT2D eigenvalue weighted by molar-refractivity contribution is -0.384. The number of benzene rings is 1. The summed E-state index contributed by atoms with van der Waals surface area (Å²) in [7, 11) is 0. The van der Waals surface area contributed by atoms with Gasteiger partial charge in [-0.2, -0.15) is 0 Å². The molecule has 0 spiro atoms. The molecule has 2 N–H and O–H groups in total. The van der Waals surface area contributed by atoms with Crippen molar-refractivity contribution in [3.8, 4) is 0 Å². The lowest BCUT2D eigenvalue weighted by atomic mass is 10.3. The number of non-ortho nitro benzene ring substituents is 1. The van der Waals surface area contributed by atoms with E-state index in [4.69, 9.17) is 0 Å². The van der Waals surface area contributed by atoms with E-state index in [0.29, 0.717) is 17.3 Å². The summed E-state index contributed by atoms with van der Waals surface area (Å²) in [5.74, 6) is 0.323. The van der Waals surface area contributed by atoms with Crippen LogP contribution in [-0.2, 0) is 4.79 Å². The molecule has 0 aliphatic carbocycles. The van der Waals surface area contributed by atoms with E-state index in [0.717, 1.165) is 16.9 Å². The smallest absolute Gasteiger partial charge is 0.271 e. The Hall–Kier alpha value is -2.94. The molecule has 1 aliphatic rings. The molecule has 0 saturated carbocycles. The van der Waals surface area contributed by atoms with Crippen LogP contribution in [0.25, 0.3) is 4.91 Å². The van der Waals surface area contributed by atoms with E-state index in [1.54, 1.807) is 24.4 Å². The van der Waals surface area contributed by atoms with Crippen molar-refractivity contribution in [3.05, 3.63) is 58.0 Å². The molecule has 2 heterocycles. The SMILES string of the molecule is CC1=C(c2ccnc(Nc3cccc([N+](=O)[O-])c3)n2)SC(C=O)N1. The quantitative estimate of drug-likeness (QED) is 0.484. The highest BCUT2D eigenvalue weighted by atomic mass is 32.2. The highest BCUT2D eigenvalue weighted by Gasteiger charge is 2.23. The number of nitro benzene ring substituents is 1. The molecule has 1 aromatic heterocycles. The summed E-state index contributed by atoms with van der Waals surface area (Å²) >= 11 is 1.39. The number of nitrogens with one attached hydrogen (secondary N) is 2. The van der Waals surface area contributed by atoms with Crippen LogP contribution in [0.4, 0.5) is 17.3 Å². The van der Waals surface area contributed by atoms with Gasteiger partial charge < -0.3 is 15.4 Å². The second-order valence-corrected chi connectivity index (χ2v) is 6.12. The number of rotatable bonds is 5. The Morgan fingerprint density at radius 3 is 2.96 bits per heavy atom. The van der Waals surface area contributed by atoms with Crippen LogP contribution in [0, 0.1) is 10.1 Å². The molecule has 9 heteroatoms. The van der Waals surface area contributed by atoms with E-state index in [2.05, 4.69) is 20.6 Å². The zero-order valence-electron chi connectivity index (χ0n) is 12.6. The average Bonchev–Trinajstić information content (AvgIpc) is 2.96. The summed E-state index contributed by atoms with van der Waals surface area (Å²) in [6.07, 6.45) is 2.43. The lowest BCUT2D eigenvalue weighted by Crippen LogP contribution is -2.19. The van der Waals surface area contributed by atoms with Crippen LogP contribution in [0.15, 0.2) is 42.2 Å². The fourth-order valence-corrected chi connectivity index (χ4v) is 3.23. The number of carbonyl (C=O) groups excluding carboxylic acids is 1. The molecule has 1 atom stereocenters. The predicted molar refractivity (Wildman–Crippen MR) is 91.6 cm³/mol. The van der Waals surface area contributed by atoms with Crippen LogP contribution in [0.3, 0.4) is 0 Å². The Kier molecular flexibility index (Phi) is 4.43. The number of nitrogens with zero attached hydrogens (tertiary/aromatic N) is 3. The van der Waals surface area contributed by atoms with Crippen LogP contribution in [0.2, 0.25) is 0 Å². The normalized spacial score (nSPS) is 16.6. The number of nitro groups is 1. The summed E-state index contributed by atoms with van der Waals surface area (Å²) in [5.41, 5.74) is 2.06. The van der Waals surface area contributed by atoms with Gasteiger partial charge in [0.1, 0.15) is 5.37 Å². The fraction of sp³-hybridized carbons (Fsp3) is 0.133. The maximum atomic E-state index is 10.9. The van der Waals surface area contributed by atoms with Crippen LogP contribution in [0.1, 0.15) is 12.6 Å². The molecular formula is C15H13N5O3S. The minimum absolute atomic E-state index is 0.0147. The monoisotopic (exact) mass is 343 g/mol. The number of aromatic nitrogens is 2. The Balaban J connectivity index is 1.84.